The average molecular weight is 247 g/mol. The Bertz CT molecular complexity index is 365. The monoisotopic (exact) mass is 247 g/mol. The van der Waals surface area contributed by atoms with Gasteiger partial charge in [0.2, 0.25) is 0 Å². The van der Waals surface area contributed by atoms with Crippen LogP contribution in [0.5, 0.6) is 0 Å². The highest BCUT2D eigenvalue weighted by Gasteiger charge is 2.17. The van der Waals surface area contributed by atoms with Gasteiger partial charge in [-0.1, -0.05) is 25.8 Å². The van der Waals surface area contributed by atoms with E-state index in [2.05, 4.69) is 28.9 Å². The molecule has 1 saturated heterocycles. The fourth-order valence-corrected chi connectivity index (χ4v) is 2.85. The molecule has 100 valence electrons. The van der Waals surface area contributed by atoms with Crippen LogP contribution in [-0.2, 0) is 6.54 Å². The molecule has 0 bridgehead atoms. The summed E-state index contributed by atoms with van der Waals surface area (Å²) < 4.78 is 0. The van der Waals surface area contributed by atoms with Crippen molar-refractivity contribution in [1.82, 2.24) is 4.98 Å². The zero-order valence-corrected chi connectivity index (χ0v) is 11.4. The number of pyridine rings is 1. The van der Waals surface area contributed by atoms with E-state index in [0.717, 1.165) is 30.5 Å². The standard InChI is InChI=1S/C15H25N3/c1-2-5-13-6-4-10-18(11-9-13)15-8-3-7-14(12-16)17-15/h3,7-8,13H,2,4-6,9-12,16H2,1H3. The van der Waals surface area contributed by atoms with E-state index in [1.54, 1.807) is 0 Å². The zero-order valence-electron chi connectivity index (χ0n) is 11.4. The van der Waals surface area contributed by atoms with Crippen molar-refractivity contribution in [3.63, 3.8) is 0 Å². The summed E-state index contributed by atoms with van der Waals surface area (Å²) in [7, 11) is 0. The normalized spacial score (nSPS) is 20.8. The minimum Gasteiger partial charge on any atom is -0.357 e. The van der Waals surface area contributed by atoms with Crippen LogP contribution >= 0.6 is 0 Å². The zero-order chi connectivity index (χ0) is 12.8. The van der Waals surface area contributed by atoms with E-state index in [9.17, 15) is 0 Å². The molecule has 0 radical (unpaired) electrons. The maximum absolute atomic E-state index is 5.66. The maximum Gasteiger partial charge on any atom is 0.128 e. The lowest BCUT2D eigenvalue weighted by Crippen LogP contribution is -2.25. The van der Waals surface area contributed by atoms with E-state index in [4.69, 9.17) is 5.73 Å². The van der Waals surface area contributed by atoms with Crippen LogP contribution in [0.2, 0.25) is 0 Å². The lowest BCUT2D eigenvalue weighted by Gasteiger charge is -2.22. The molecule has 1 aromatic heterocycles. The SMILES string of the molecule is CCCC1CCCN(c2cccc(CN)n2)CC1. The van der Waals surface area contributed by atoms with Gasteiger partial charge in [0, 0.05) is 19.6 Å². The molecule has 2 heterocycles. The van der Waals surface area contributed by atoms with Crippen molar-refractivity contribution in [3.05, 3.63) is 23.9 Å². The first-order valence-corrected chi connectivity index (χ1v) is 7.24. The molecule has 0 aromatic carbocycles. The van der Waals surface area contributed by atoms with Crippen molar-refractivity contribution in [3.8, 4) is 0 Å². The summed E-state index contributed by atoms with van der Waals surface area (Å²) in [5.74, 6) is 2.02. The number of aromatic nitrogens is 1. The quantitative estimate of drug-likeness (QED) is 0.889. The molecule has 1 unspecified atom stereocenters. The first-order valence-electron chi connectivity index (χ1n) is 7.24. The molecular weight excluding hydrogens is 222 g/mol. The van der Waals surface area contributed by atoms with Crippen molar-refractivity contribution in [2.75, 3.05) is 18.0 Å². The summed E-state index contributed by atoms with van der Waals surface area (Å²) >= 11 is 0. The first kappa shape index (κ1) is 13.3. The molecule has 2 rings (SSSR count). The van der Waals surface area contributed by atoms with E-state index >= 15 is 0 Å². The molecule has 3 heteroatoms. The van der Waals surface area contributed by atoms with Gasteiger partial charge >= 0.3 is 0 Å². The third-order valence-corrected chi connectivity index (χ3v) is 3.87. The lowest BCUT2D eigenvalue weighted by atomic mass is 9.96. The predicted octanol–water partition coefficient (Wildman–Crippen LogP) is 2.95. The molecule has 0 aliphatic carbocycles. The van der Waals surface area contributed by atoms with Gasteiger partial charge in [-0.15, -0.1) is 0 Å². The summed E-state index contributed by atoms with van der Waals surface area (Å²) in [5.41, 5.74) is 6.65. The number of hydrogen-bond acceptors (Lipinski definition) is 3. The Kier molecular flexibility index (Phi) is 5.00. The van der Waals surface area contributed by atoms with Gasteiger partial charge in [0.25, 0.3) is 0 Å². The Morgan fingerprint density at radius 2 is 2.22 bits per heavy atom. The number of hydrogen-bond donors (Lipinski definition) is 1. The molecule has 2 N–H and O–H groups in total. The molecule has 3 nitrogen and oxygen atoms in total. The lowest BCUT2D eigenvalue weighted by molar-refractivity contribution is 0.435. The summed E-state index contributed by atoms with van der Waals surface area (Å²) in [6.45, 7) is 5.10. The molecule has 1 fully saturated rings. The number of rotatable bonds is 4. The van der Waals surface area contributed by atoms with Crippen LogP contribution < -0.4 is 10.6 Å². The van der Waals surface area contributed by atoms with Gasteiger partial charge in [0.05, 0.1) is 5.69 Å². The van der Waals surface area contributed by atoms with Crippen molar-refractivity contribution >= 4 is 5.82 Å². The van der Waals surface area contributed by atoms with Crippen molar-refractivity contribution in [2.45, 2.75) is 45.6 Å². The van der Waals surface area contributed by atoms with Gasteiger partial charge in [0.15, 0.2) is 0 Å². The van der Waals surface area contributed by atoms with Gasteiger partial charge in [0.1, 0.15) is 5.82 Å². The molecule has 0 amide bonds. The molecule has 1 aromatic rings. The van der Waals surface area contributed by atoms with Gasteiger partial charge in [-0.3, -0.25) is 0 Å². The molecular formula is C15H25N3. The van der Waals surface area contributed by atoms with Crippen molar-refractivity contribution in [2.24, 2.45) is 11.7 Å². The van der Waals surface area contributed by atoms with Crippen LogP contribution in [0, 0.1) is 5.92 Å². The largest absolute Gasteiger partial charge is 0.357 e. The first-order chi connectivity index (χ1) is 8.83. The Morgan fingerprint density at radius 1 is 1.33 bits per heavy atom. The van der Waals surface area contributed by atoms with Gasteiger partial charge in [-0.25, -0.2) is 4.98 Å². The highest BCUT2D eigenvalue weighted by atomic mass is 15.2. The molecule has 18 heavy (non-hydrogen) atoms. The maximum atomic E-state index is 5.66. The number of nitrogens with zero attached hydrogens (tertiary/aromatic N) is 2. The van der Waals surface area contributed by atoms with Crippen LogP contribution in [0.4, 0.5) is 5.82 Å². The van der Waals surface area contributed by atoms with Gasteiger partial charge < -0.3 is 10.6 Å². The van der Waals surface area contributed by atoms with Crippen LogP contribution in [0.1, 0.15) is 44.7 Å². The second kappa shape index (κ2) is 6.74. The molecule has 1 aliphatic heterocycles. The highest BCUT2D eigenvalue weighted by molar-refractivity contribution is 5.39. The second-order valence-electron chi connectivity index (χ2n) is 5.26. The van der Waals surface area contributed by atoms with Crippen molar-refractivity contribution in [1.29, 1.82) is 0 Å². The smallest absolute Gasteiger partial charge is 0.128 e. The molecule has 0 spiro atoms. The van der Waals surface area contributed by atoms with Gasteiger partial charge in [-0.05, 0) is 37.3 Å². The van der Waals surface area contributed by atoms with E-state index in [1.165, 1.54) is 32.1 Å². The Labute approximate surface area is 110 Å². The summed E-state index contributed by atoms with van der Waals surface area (Å²) in [6.07, 6.45) is 6.66. The number of anilines is 1. The van der Waals surface area contributed by atoms with E-state index < -0.39 is 0 Å². The average Bonchev–Trinajstić information content (AvgIpc) is 2.65. The molecule has 1 aliphatic rings. The van der Waals surface area contributed by atoms with E-state index in [1.807, 2.05) is 6.07 Å². The summed E-state index contributed by atoms with van der Waals surface area (Å²) in [4.78, 5) is 7.05. The Balaban J connectivity index is 2.00. The van der Waals surface area contributed by atoms with E-state index in [0.29, 0.717) is 6.54 Å². The Hall–Kier alpha value is -1.09. The van der Waals surface area contributed by atoms with E-state index in [-0.39, 0.29) is 0 Å². The second-order valence-corrected chi connectivity index (χ2v) is 5.26. The van der Waals surface area contributed by atoms with Crippen molar-refractivity contribution < 1.29 is 0 Å². The number of nitrogens with two attached hydrogens (primary N) is 1. The van der Waals surface area contributed by atoms with Gasteiger partial charge in [-0.2, -0.15) is 0 Å². The fourth-order valence-electron chi connectivity index (χ4n) is 2.85. The van der Waals surface area contributed by atoms with Crippen LogP contribution in [0.3, 0.4) is 0 Å². The minimum absolute atomic E-state index is 0.528. The third-order valence-electron chi connectivity index (χ3n) is 3.87. The third kappa shape index (κ3) is 3.45. The topological polar surface area (TPSA) is 42.1 Å². The minimum atomic E-state index is 0.528. The Morgan fingerprint density at radius 3 is 3.00 bits per heavy atom. The highest BCUT2D eigenvalue weighted by Crippen LogP contribution is 2.24. The van der Waals surface area contributed by atoms with Crippen LogP contribution in [0.25, 0.3) is 0 Å². The summed E-state index contributed by atoms with van der Waals surface area (Å²) in [5, 5.41) is 0. The fraction of sp³-hybridized carbons (Fsp3) is 0.667. The molecule has 1 atom stereocenters. The predicted molar refractivity (Wildman–Crippen MR) is 76.6 cm³/mol. The van der Waals surface area contributed by atoms with Crippen LogP contribution in [0.15, 0.2) is 18.2 Å². The molecule has 0 saturated carbocycles. The van der Waals surface area contributed by atoms with Crippen LogP contribution in [-0.4, -0.2) is 18.1 Å². The summed E-state index contributed by atoms with van der Waals surface area (Å²) in [6, 6.07) is 6.18.